The molecular formula is C14H27N3O3. The molecule has 1 unspecified atom stereocenters. The maximum atomic E-state index is 12.2. The molecule has 0 spiro atoms. The van der Waals surface area contributed by atoms with Crippen LogP contribution in [-0.2, 0) is 14.3 Å². The van der Waals surface area contributed by atoms with Gasteiger partial charge in [0.15, 0.2) is 0 Å². The largest absolute Gasteiger partial charge is 0.376 e. The molecule has 1 amide bonds. The molecule has 116 valence electrons. The Morgan fingerprint density at radius 3 is 2.65 bits per heavy atom. The van der Waals surface area contributed by atoms with Crippen LogP contribution in [0.15, 0.2) is 0 Å². The molecular weight excluding hydrogens is 258 g/mol. The van der Waals surface area contributed by atoms with Crippen molar-refractivity contribution in [3.63, 3.8) is 0 Å². The second-order valence-electron chi connectivity index (χ2n) is 5.74. The first-order chi connectivity index (χ1) is 9.66. The van der Waals surface area contributed by atoms with Crippen LogP contribution in [0.3, 0.4) is 0 Å². The molecule has 1 atom stereocenters. The van der Waals surface area contributed by atoms with Crippen molar-refractivity contribution in [1.82, 2.24) is 15.1 Å². The summed E-state index contributed by atoms with van der Waals surface area (Å²) in [5.41, 5.74) is 0. The van der Waals surface area contributed by atoms with Gasteiger partial charge in [0, 0.05) is 19.6 Å². The summed E-state index contributed by atoms with van der Waals surface area (Å²) in [5, 5.41) is 3.35. The fourth-order valence-electron chi connectivity index (χ4n) is 2.76. The molecule has 2 saturated heterocycles. The molecule has 1 N–H and O–H groups in total. The third-order valence-corrected chi connectivity index (χ3v) is 4.10. The third kappa shape index (κ3) is 4.70. The van der Waals surface area contributed by atoms with Crippen molar-refractivity contribution in [1.29, 1.82) is 0 Å². The number of piperidine rings is 1. The molecule has 20 heavy (non-hydrogen) atoms. The smallest absolute Gasteiger partial charge is 0.236 e. The average Bonchev–Trinajstić information content (AvgIpc) is 2.49. The third-order valence-electron chi connectivity index (χ3n) is 4.10. The Balaban J connectivity index is 1.71. The SMILES string of the molecule is CN(CC1COCCO1)C(=O)CN(C)C1CCNCC1. The Bertz CT molecular complexity index is 302. The first kappa shape index (κ1) is 15.7. The van der Waals surface area contributed by atoms with Crippen molar-refractivity contribution >= 4 is 5.91 Å². The van der Waals surface area contributed by atoms with Gasteiger partial charge in [-0.15, -0.1) is 0 Å². The van der Waals surface area contributed by atoms with E-state index in [2.05, 4.69) is 10.2 Å². The molecule has 0 saturated carbocycles. The zero-order chi connectivity index (χ0) is 14.4. The number of rotatable bonds is 5. The van der Waals surface area contributed by atoms with E-state index in [-0.39, 0.29) is 12.0 Å². The molecule has 0 bridgehead atoms. The molecule has 0 aromatic carbocycles. The number of nitrogens with zero attached hydrogens (tertiary/aromatic N) is 2. The normalized spacial score (nSPS) is 24.9. The number of amides is 1. The molecule has 2 aliphatic heterocycles. The Kier molecular flexibility index (Phi) is 6.22. The second kappa shape index (κ2) is 7.93. The van der Waals surface area contributed by atoms with Gasteiger partial charge in [0.25, 0.3) is 0 Å². The van der Waals surface area contributed by atoms with E-state index in [0.717, 1.165) is 25.9 Å². The number of likely N-dealkylation sites (N-methyl/N-ethyl adjacent to an activating group) is 2. The molecule has 0 aliphatic carbocycles. The summed E-state index contributed by atoms with van der Waals surface area (Å²) in [6.45, 7) is 5.06. The molecule has 0 aromatic heterocycles. The van der Waals surface area contributed by atoms with Gasteiger partial charge in [-0.3, -0.25) is 9.69 Å². The minimum atomic E-state index is 0.0156. The predicted octanol–water partition coefficient (Wildman–Crippen LogP) is -0.456. The van der Waals surface area contributed by atoms with Crippen molar-refractivity contribution in [2.75, 3.05) is 60.1 Å². The maximum absolute atomic E-state index is 12.2. The highest BCUT2D eigenvalue weighted by atomic mass is 16.6. The average molecular weight is 285 g/mol. The van der Waals surface area contributed by atoms with Crippen molar-refractivity contribution in [3.05, 3.63) is 0 Å². The summed E-state index contributed by atoms with van der Waals surface area (Å²) in [6.07, 6.45) is 2.25. The Hall–Kier alpha value is -0.690. The Labute approximate surface area is 121 Å². The molecule has 2 rings (SSSR count). The second-order valence-corrected chi connectivity index (χ2v) is 5.74. The van der Waals surface area contributed by atoms with Crippen molar-refractivity contribution < 1.29 is 14.3 Å². The summed E-state index contributed by atoms with van der Waals surface area (Å²) in [4.78, 5) is 16.2. The zero-order valence-electron chi connectivity index (χ0n) is 12.6. The summed E-state index contributed by atoms with van der Waals surface area (Å²) in [5.74, 6) is 0.153. The van der Waals surface area contributed by atoms with E-state index in [1.807, 2.05) is 14.1 Å². The van der Waals surface area contributed by atoms with Crippen LogP contribution >= 0.6 is 0 Å². The maximum Gasteiger partial charge on any atom is 0.236 e. The molecule has 2 fully saturated rings. The highest BCUT2D eigenvalue weighted by Crippen LogP contribution is 2.10. The standard InChI is InChI=1S/C14H27N3O3/c1-16(12-3-5-15-6-4-12)10-14(18)17(2)9-13-11-19-7-8-20-13/h12-13,15H,3-11H2,1-2H3. The van der Waals surface area contributed by atoms with Crippen molar-refractivity contribution in [2.24, 2.45) is 0 Å². The molecule has 0 aromatic rings. The lowest BCUT2D eigenvalue weighted by molar-refractivity contribution is -0.137. The molecule has 2 heterocycles. The first-order valence-corrected chi connectivity index (χ1v) is 7.51. The summed E-state index contributed by atoms with van der Waals surface area (Å²) < 4.78 is 10.9. The van der Waals surface area contributed by atoms with E-state index in [0.29, 0.717) is 39.0 Å². The Morgan fingerprint density at radius 2 is 2.00 bits per heavy atom. The number of hydrogen-bond donors (Lipinski definition) is 1. The van der Waals surface area contributed by atoms with E-state index >= 15 is 0 Å². The fourth-order valence-corrected chi connectivity index (χ4v) is 2.76. The fraction of sp³-hybridized carbons (Fsp3) is 0.929. The lowest BCUT2D eigenvalue weighted by atomic mass is 10.1. The van der Waals surface area contributed by atoms with Gasteiger partial charge in [0.2, 0.25) is 5.91 Å². The van der Waals surface area contributed by atoms with Gasteiger partial charge >= 0.3 is 0 Å². The molecule has 0 radical (unpaired) electrons. The minimum Gasteiger partial charge on any atom is -0.376 e. The van der Waals surface area contributed by atoms with E-state index in [1.54, 1.807) is 4.90 Å². The number of ether oxygens (including phenoxy) is 2. The minimum absolute atomic E-state index is 0.0156. The van der Waals surface area contributed by atoms with Gasteiger partial charge in [0.1, 0.15) is 0 Å². The summed E-state index contributed by atoms with van der Waals surface area (Å²) in [6, 6.07) is 0.517. The van der Waals surface area contributed by atoms with E-state index in [1.165, 1.54) is 0 Å². The predicted molar refractivity (Wildman–Crippen MR) is 76.7 cm³/mol. The van der Waals surface area contributed by atoms with Crippen LogP contribution in [0, 0.1) is 0 Å². The number of hydrogen-bond acceptors (Lipinski definition) is 5. The zero-order valence-corrected chi connectivity index (χ0v) is 12.6. The van der Waals surface area contributed by atoms with Crippen LogP contribution in [0.25, 0.3) is 0 Å². The Morgan fingerprint density at radius 1 is 1.25 bits per heavy atom. The molecule has 2 aliphatic rings. The van der Waals surface area contributed by atoms with Crippen LogP contribution in [0.1, 0.15) is 12.8 Å². The quantitative estimate of drug-likeness (QED) is 0.741. The van der Waals surface area contributed by atoms with Gasteiger partial charge in [-0.05, 0) is 33.0 Å². The van der Waals surface area contributed by atoms with Crippen LogP contribution in [0.5, 0.6) is 0 Å². The summed E-state index contributed by atoms with van der Waals surface area (Å²) in [7, 11) is 3.89. The van der Waals surface area contributed by atoms with Crippen molar-refractivity contribution in [3.8, 4) is 0 Å². The lowest BCUT2D eigenvalue weighted by Crippen LogP contribution is -2.47. The highest BCUT2D eigenvalue weighted by molar-refractivity contribution is 5.78. The molecule has 6 nitrogen and oxygen atoms in total. The van der Waals surface area contributed by atoms with Crippen molar-refractivity contribution in [2.45, 2.75) is 25.0 Å². The van der Waals surface area contributed by atoms with E-state index in [9.17, 15) is 4.79 Å². The van der Waals surface area contributed by atoms with Gasteiger partial charge in [-0.2, -0.15) is 0 Å². The number of nitrogens with one attached hydrogen (secondary N) is 1. The summed E-state index contributed by atoms with van der Waals surface area (Å²) >= 11 is 0. The number of carbonyl (C=O) groups is 1. The van der Waals surface area contributed by atoms with Gasteiger partial charge in [-0.25, -0.2) is 0 Å². The monoisotopic (exact) mass is 285 g/mol. The van der Waals surface area contributed by atoms with Crippen LogP contribution < -0.4 is 5.32 Å². The lowest BCUT2D eigenvalue weighted by Gasteiger charge is -2.33. The van der Waals surface area contributed by atoms with Crippen LogP contribution in [0.4, 0.5) is 0 Å². The van der Waals surface area contributed by atoms with E-state index in [4.69, 9.17) is 9.47 Å². The topological polar surface area (TPSA) is 54.0 Å². The number of carbonyl (C=O) groups excluding carboxylic acids is 1. The molecule has 6 heteroatoms. The van der Waals surface area contributed by atoms with E-state index < -0.39 is 0 Å². The first-order valence-electron chi connectivity index (χ1n) is 7.51. The van der Waals surface area contributed by atoms with Gasteiger partial charge < -0.3 is 19.7 Å². The van der Waals surface area contributed by atoms with Crippen LogP contribution in [-0.4, -0.2) is 87.9 Å². The van der Waals surface area contributed by atoms with Gasteiger partial charge in [0.05, 0.1) is 32.5 Å². The van der Waals surface area contributed by atoms with Crippen LogP contribution in [0.2, 0.25) is 0 Å². The highest BCUT2D eigenvalue weighted by Gasteiger charge is 2.23. The van der Waals surface area contributed by atoms with Gasteiger partial charge in [-0.1, -0.05) is 0 Å².